The minimum absolute atomic E-state index is 0.0357. The van der Waals surface area contributed by atoms with E-state index in [1.807, 2.05) is 0 Å². The molecule has 0 aromatic carbocycles. The summed E-state index contributed by atoms with van der Waals surface area (Å²) in [6.45, 7) is 3.15. The highest BCUT2D eigenvalue weighted by molar-refractivity contribution is 4.86. The zero-order valence-corrected chi connectivity index (χ0v) is 17.9. The van der Waals surface area contributed by atoms with Crippen LogP contribution < -0.4 is 0 Å². The Bertz CT molecular complexity index is 374. The molecule has 0 bridgehead atoms. The van der Waals surface area contributed by atoms with E-state index in [1.165, 1.54) is 70.6 Å². The minimum atomic E-state index is -1.16. The molecular formula is C23H44O5. The molecule has 28 heavy (non-hydrogen) atoms. The number of allylic oxidation sites excluding steroid dienone is 2. The fraction of sp³-hybridized carbons (Fsp3) is 0.913. The SMILES string of the molecule is CCCCCCCCCCCC/C=C/CCCOC[C@H]1OC[C@H](O)[C@@H](O)[C@@H]1O. The van der Waals surface area contributed by atoms with Gasteiger partial charge in [0.25, 0.3) is 0 Å². The summed E-state index contributed by atoms with van der Waals surface area (Å²) in [5, 5.41) is 28.8. The average Bonchev–Trinajstić information content (AvgIpc) is 2.70. The van der Waals surface area contributed by atoms with Crippen LogP contribution in [0.15, 0.2) is 12.2 Å². The summed E-state index contributed by atoms with van der Waals surface area (Å²) in [7, 11) is 0. The topological polar surface area (TPSA) is 79.2 Å². The summed E-state index contributed by atoms with van der Waals surface area (Å²) in [4.78, 5) is 0. The van der Waals surface area contributed by atoms with Gasteiger partial charge in [-0.3, -0.25) is 0 Å². The second-order valence-electron chi connectivity index (χ2n) is 8.08. The molecule has 3 N–H and O–H groups in total. The highest BCUT2D eigenvalue weighted by Gasteiger charge is 2.37. The first-order valence-electron chi connectivity index (χ1n) is 11.5. The average molecular weight is 401 g/mol. The largest absolute Gasteiger partial charge is 0.388 e. The lowest BCUT2D eigenvalue weighted by atomic mass is 10.0. The molecule has 0 unspecified atom stereocenters. The second-order valence-corrected chi connectivity index (χ2v) is 8.08. The molecule has 0 saturated carbocycles. The Labute approximate surface area is 172 Å². The maximum Gasteiger partial charge on any atom is 0.111 e. The van der Waals surface area contributed by atoms with Crippen LogP contribution in [0.5, 0.6) is 0 Å². The van der Waals surface area contributed by atoms with Gasteiger partial charge in [0.05, 0.1) is 13.2 Å². The summed E-state index contributed by atoms with van der Waals surface area (Å²) in [5.41, 5.74) is 0. The van der Waals surface area contributed by atoms with Crippen molar-refractivity contribution in [2.24, 2.45) is 0 Å². The quantitative estimate of drug-likeness (QED) is 0.253. The Morgan fingerprint density at radius 1 is 0.786 bits per heavy atom. The predicted molar refractivity (Wildman–Crippen MR) is 113 cm³/mol. The Kier molecular flexibility index (Phi) is 15.9. The van der Waals surface area contributed by atoms with Crippen molar-refractivity contribution in [1.29, 1.82) is 0 Å². The van der Waals surface area contributed by atoms with Crippen molar-refractivity contribution in [1.82, 2.24) is 0 Å². The maximum absolute atomic E-state index is 9.82. The smallest absolute Gasteiger partial charge is 0.111 e. The normalized spacial score (nSPS) is 25.6. The third-order valence-electron chi connectivity index (χ3n) is 5.44. The van der Waals surface area contributed by atoms with E-state index in [9.17, 15) is 15.3 Å². The molecule has 0 aromatic rings. The highest BCUT2D eigenvalue weighted by Crippen LogP contribution is 2.16. The number of hydrogen-bond acceptors (Lipinski definition) is 5. The van der Waals surface area contributed by atoms with Crippen molar-refractivity contribution in [3.8, 4) is 0 Å². The van der Waals surface area contributed by atoms with Crippen LogP contribution >= 0.6 is 0 Å². The Morgan fingerprint density at radius 3 is 2.00 bits per heavy atom. The van der Waals surface area contributed by atoms with Gasteiger partial charge >= 0.3 is 0 Å². The van der Waals surface area contributed by atoms with Crippen molar-refractivity contribution < 1.29 is 24.8 Å². The predicted octanol–water partition coefficient (Wildman–Crippen LogP) is 4.13. The molecular weight excluding hydrogens is 356 g/mol. The van der Waals surface area contributed by atoms with Gasteiger partial charge in [-0.2, -0.15) is 0 Å². The van der Waals surface area contributed by atoms with Crippen LogP contribution in [-0.4, -0.2) is 59.6 Å². The second kappa shape index (κ2) is 17.4. The number of hydrogen-bond donors (Lipinski definition) is 3. The molecule has 1 heterocycles. The summed E-state index contributed by atoms with van der Waals surface area (Å²) in [6, 6.07) is 0. The Balaban J connectivity index is 1.82. The lowest BCUT2D eigenvalue weighted by Crippen LogP contribution is -2.54. The van der Waals surface area contributed by atoms with Crippen molar-refractivity contribution in [3.63, 3.8) is 0 Å². The van der Waals surface area contributed by atoms with E-state index < -0.39 is 24.4 Å². The van der Waals surface area contributed by atoms with Gasteiger partial charge < -0.3 is 24.8 Å². The monoisotopic (exact) mass is 400 g/mol. The third-order valence-corrected chi connectivity index (χ3v) is 5.44. The molecule has 5 nitrogen and oxygen atoms in total. The van der Waals surface area contributed by atoms with Crippen LogP contribution in [0.1, 0.15) is 90.4 Å². The van der Waals surface area contributed by atoms with Gasteiger partial charge in [-0.25, -0.2) is 0 Å². The molecule has 0 aliphatic carbocycles. The first-order valence-corrected chi connectivity index (χ1v) is 11.5. The highest BCUT2D eigenvalue weighted by atomic mass is 16.6. The van der Waals surface area contributed by atoms with Crippen LogP contribution in [0.2, 0.25) is 0 Å². The number of rotatable bonds is 17. The zero-order valence-electron chi connectivity index (χ0n) is 17.9. The van der Waals surface area contributed by atoms with E-state index in [1.54, 1.807) is 0 Å². The molecule has 0 amide bonds. The summed E-state index contributed by atoms with van der Waals surface area (Å²) in [5.74, 6) is 0. The van der Waals surface area contributed by atoms with Crippen molar-refractivity contribution in [2.45, 2.75) is 115 Å². The molecule has 0 spiro atoms. The molecule has 1 saturated heterocycles. The van der Waals surface area contributed by atoms with E-state index in [-0.39, 0.29) is 13.2 Å². The molecule has 0 aromatic heterocycles. The van der Waals surface area contributed by atoms with Gasteiger partial charge in [-0.05, 0) is 25.7 Å². The Hall–Kier alpha value is -0.460. The molecule has 1 fully saturated rings. The van der Waals surface area contributed by atoms with Crippen molar-refractivity contribution in [3.05, 3.63) is 12.2 Å². The van der Waals surface area contributed by atoms with Crippen LogP contribution in [0.3, 0.4) is 0 Å². The number of ether oxygens (including phenoxy) is 2. The van der Waals surface area contributed by atoms with Gasteiger partial charge in [0.15, 0.2) is 0 Å². The lowest BCUT2D eigenvalue weighted by molar-refractivity contribution is -0.199. The number of aliphatic hydroxyl groups excluding tert-OH is 3. The number of aliphatic hydroxyl groups is 3. The van der Waals surface area contributed by atoms with Crippen molar-refractivity contribution >= 4 is 0 Å². The van der Waals surface area contributed by atoms with Crippen LogP contribution in [0.4, 0.5) is 0 Å². The number of unbranched alkanes of at least 4 members (excludes halogenated alkanes) is 11. The van der Waals surface area contributed by atoms with Crippen LogP contribution in [-0.2, 0) is 9.47 Å². The van der Waals surface area contributed by atoms with E-state index in [4.69, 9.17) is 9.47 Å². The standard InChI is InChI=1S/C23H44O5/c1-2-3-4-5-6-7-8-9-10-11-12-13-14-15-16-17-27-19-21-23(26)22(25)20(24)18-28-21/h13-14,20-26H,2-12,15-19H2,1H3/b14-13+/t20-,21+,22+,23+/m0/s1. The third kappa shape index (κ3) is 12.2. The maximum atomic E-state index is 9.82. The molecule has 1 aliphatic rings. The van der Waals surface area contributed by atoms with E-state index in [0.717, 1.165) is 12.8 Å². The molecule has 4 atom stereocenters. The Morgan fingerprint density at radius 2 is 1.36 bits per heavy atom. The molecule has 1 rings (SSSR count). The van der Waals surface area contributed by atoms with Crippen LogP contribution in [0, 0.1) is 0 Å². The summed E-state index contributed by atoms with van der Waals surface area (Å²) >= 11 is 0. The van der Waals surface area contributed by atoms with Crippen LogP contribution in [0.25, 0.3) is 0 Å². The van der Waals surface area contributed by atoms with Gasteiger partial charge in [0.2, 0.25) is 0 Å². The minimum Gasteiger partial charge on any atom is -0.388 e. The first kappa shape index (κ1) is 25.6. The summed E-state index contributed by atoms with van der Waals surface area (Å²) < 4.78 is 10.8. The zero-order chi connectivity index (χ0) is 20.5. The van der Waals surface area contributed by atoms with E-state index >= 15 is 0 Å². The van der Waals surface area contributed by atoms with E-state index in [2.05, 4.69) is 19.1 Å². The fourth-order valence-electron chi connectivity index (χ4n) is 3.50. The molecule has 5 heteroatoms. The van der Waals surface area contributed by atoms with Gasteiger partial charge in [0, 0.05) is 6.61 Å². The fourth-order valence-corrected chi connectivity index (χ4v) is 3.50. The van der Waals surface area contributed by atoms with E-state index in [0.29, 0.717) is 6.61 Å². The summed E-state index contributed by atoms with van der Waals surface area (Å²) in [6.07, 6.45) is 17.5. The molecule has 0 radical (unpaired) electrons. The molecule has 166 valence electrons. The molecule has 1 aliphatic heterocycles. The first-order chi connectivity index (χ1) is 13.7. The van der Waals surface area contributed by atoms with Gasteiger partial charge in [-0.1, -0.05) is 76.9 Å². The lowest BCUT2D eigenvalue weighted by Gasteiger charge is -2.35. The van der Waals surface area contributed by atoms with Gasteiger partial charge in [0.1, 0.15) is 24.4 Å². The van der Waals surface area contributed by atoms with Crippen molar-refractivity contribution in [2.75, 3.05) is 19.8 Å². The van der Waals surface area contributed by atoms with Gasteiger partial charge in [-0.15, -0.1) is 0 Å².